The number of hydrogen-bond donors (Lipinski definition) is 3. The summed E-state index contributed by atoms with van der Waals surface area (Å²) in [5.74, 6) is -0.405. The van der Waals surface area contributed by atoms with Gasteiger partial charge < -0.3 is 20.7 Å². The molecule has 4 N–H and O–H groups in total. The molecule has 1 aromatic heterocycles. The third-order valence-electron chi connectivity index (χ3n) is 6.59. The molecule has 2 aromatic rings. The van der Waals surface area contributed by atoms with E-state index in [0.29, 0.717) is 11.6 Å². The number of carbonyl (C=O) groups is 1. The van der Waals surface area contributed by atoms with E-state index in [1.807, 2.05) is 18.2 Å². The Bertz CT molecular complexity index is 922. The van der Waals surface area contributed by atoms with Gasteiger partial charge in [-0.2, -0.15) is 0 Å². The molecule has 1 saturated carbocycles. The summed E-state index contributed by atoms with van der Waals surface area (Å²) in [4.78, 5) is 12.0. The number of hydrogen-bond acceptors (Lipinski definition) is 3. The van der Waals surface area contributed by atoms with Crippen molar-refractivity contribution >= 4 is 11.6 Å². The van der Waals surface area contributed by atoms with E-state index < -0.39 is 12.0 Å². The fraction of sp³-hybridized carbons (Fsp3) is 0.542. The molecule has 1 heterocycles. The lowest BCUT2D eigenvalue weighted by atomic mass is 9.75. The molecule has 2 aliphatic carbocycles. The molecule has 2 aliphatic rings. The van der Waals surface area contributed by atoms with Gasteiger partial charge in [-0.05, 0) is 61.8 Å². The van der Waals surface area contributed by atoms with Gasteiger partial charge >= 0.3 is 0 Å². The van der Waals surface area contributed by atoms with Crippen LogP contribution < -0.4 is 11.1 Å². The number of aromatic nitrogens is 1. The van der Waals surface area contributed by atoms with Gasteiger partial charge in [-0.25, -0.2) is 0 Å². The Morgan fingerprint density at radius 1 is 1.24 bits per heavy atom. The van der Waals surface area contributed by atoms with Crippen molar-refractivity contribution in [2.75, 3.05) is 5.32 Å². The van der Waals surface area contributed by atoms with E-state index in [2.05, 4.69) is 36.9 Å². The van der Waals surface area contributed by atoms with Crippen LogP contribution in [0.15, 0.2) is 24.4 Å². The summed E-state index contributed by atoms with van der Waals surface area (Å²) in [6.45, 7) is 6.48. The van der Waals surface area contributed by atoms with E-state index >= 15 is 0 Å². The number of anilines is 1. The second kappa shape index (κ2) is 7.52. The highest BCUT2D eigenvalue weighted by Gasteiger charge is 2.35. The molecule has 156 valence electrons. The lowest BCUT2D eigenvalue weighted by molar-refractivity contribution is 0.0980. The SMILES string of the molecule is Cc1cn(-c2ccc(C(N)=O)c(NC3CCCCC3)c2)c2c1C(O)CC(C)(C)C2. The quantitative estimate of drug-likeness (QED) is 0.706. The van der Waals surface area contributed by atoms with Gasteiger partial charge in [0.1, 0.15) is 0 Å². The Balaban J connectivity index is 1.75. The van der Waals surface area contributed by atoms with E-state index in [0.717, 1.165) is 48.2 Å². The molecule has 1 fully saturated rings. The first-order chi connectivity index (χ1) is 13.7. The highest BCUT2D eigenvalue weighted by molar-refractivity contribution is 5.99. The normalized spacial score (nSPS) is 21.6. The fourth-order valence-corrected chi connectivity index (χ4v) is 5.20. The maximum Gasteiger partial charge on any atom is 0.250 e. The van der Waals surface area contributed by atoms with Gasteiger partial charge in [0.05, 0.1) is 11.7 Å². The van der Waals surface area contributed by atoms with E-state index in [-0.39, 0.29) is 5.41 Å². The third kappa shape index (κ3) is 3.93. The van der Waals surface area contributed by atoms with Crippen LogP contribution in [0.5, 0.6) is 0 Å². The number of nitrogens with one attached hydrogen (secondary N) is 1. The second-order valence-corrected chi connectivity index (χ2v) is 9.68. The maximum absolute atomic E-state index is 12.0. The lowest BCUT2D eigenvalue weighted by Gasteiger charge is -2.34. The fourth-order valence-electron chi connectivity index (χ4n) is 5.20. The summed E-state index contributed by atoms with van der Waals surface area (Å²) >= 11 is 0. The molecule has 0 aliphatic heterocycles. The summed E-state index contributed by atoms with van der Waals surface area (Å²) < 4.78 is 2.19. The van der Waals surface area contributed by atoms with E-state index in [9.17, 15) is 9.90 Å². The van der Waals surface area contributed by atoms with Gasteiger partial charge in [-0.1, -0.05) is 33.1 Å². The average molecular weight is 396 g/mol. The van der Waals surface area contributed by atoms with Crippen molar-refractivity contribution in [3.8, 4) is 5.69 Å². The van der Waals surface area contributed by atoms with Crippen LogP contribution in [0.2, 0.25) is 0 Å². The number of nitrogens with two attached hydrogens (primary N) is 1. The lowest BCUT2D eigenvalue weighted by Crippen LogP contribution is -2.27. The van der Waals surface area contributed by atoms with Crippen LogP contribution in [0.4, 0.5) is 5.69 Å². The largest absolute Gasteiger partial charge is 0.388 e. The van der Waals surface area contributed by atoms with Gasteiger partial charge in [0.25, 0.3) is 5.91 Å². The van der Waals surface area contributed by atoms with Gasteiger partial charge in [0.2, 0.25) is 0 Å². The first-order valence-corrected chi connectivity index (χ1v) is 10.8. The number of carbonyl (C=O) groups excluding carboxylic acids is 1. The number of aryl methyl sites for hydroxylation is 1. The molecule has 5 nitrogen and oxygen atoms in total. The van der Waals surface area contributed by atoms with Crippen molar-refractivity contribution in [3.05, 3.63) is 46.8 Å². The van der Waals surface area contributed by atoms with Crippen LogP contribution in [0.25, 0.3) is 5.69 Å². The smallest absolute Gasteiger partial charge is 0.250 e. The minimum atomic E-state index is -0.431. The van der Waals surface area contributed by atoms with Crippen LogP contribution in [0.3, 0.4) is 0 Å². The summed E-state index contributed by atoms with van der Waals surface area (Å²) in [5, 5.41) is 14.3. The van der Waals surface area contributed by atoms with Crippen molar-refractivity contribution in [3.63, 3.8) is 0 Å². The predicted molar refractivity (Wildman–Crippen MR) is 117 cm³/mol. The molecular formula is C24H33N3O2. The monoisotopic (exact) mass is 395 g/mol. The van der Waals surface area contributed by atoms with Crippen LogP contribution >= 0.6 is 0 Å². The highest BCUT2D eigenvalue weighted by atomic mass is 16.3. The molecule has 1 aromatic carbocycles. The molecular weight excluding hydrogens is 362 g/mol. The standard InChI is InChI=1S/C24H33N3O2/c1-15-14-27(20-12-24(2,3)13-21(28)22(15)20)17-9-10-18(23(25)29)19(11-17)26-16-7-5-4-6-8-16/h9-11,14,16,21,26,28H,4-8,12-13H2,1-3H3,(H2,25,29). The molecule has 0 radical (unpaired) electrons. The number of aliphatic hydroxyl groups is 1. The Morgan fingerprint density at radius 3 is 2.66 bits per heavy atom. The molecule has 0 saturated heterocycles. The van der Waals surface area contributed by atoms with E-state index in [4.69, 9.17) is 5.73 Å². The Hall–Kier alpha value is -2.27. The Morgan fingerprint density at radius 2 is 1.97 bits per heavy atom. The number of benzene rings is 1. The number of nitrogens with zero attached hydrogens (tertiary/aromatic N) is 1. The van der Waals surface area contributed by atoms with Crippen molar-refractivity contribution in [1.82, 2.24) is 4.57 Å². The molecule has 29 heavy (non-hydrogen) atoms. The predicted octanol–water partition coefficient (Wildman–Crippen LogP) is 4.64. The zero-order valence-corrected chi connectivity index (χ0v) is 17.8. The van der Waals surface area contributed by atoms with Crippen molar-refractivity contribution < 1.29 is 9.90 Å². The second-order valence-electron chi connectivity index (χ2n) is 9.68. The number of rotatable bonds is 4. The van der Waals surface area contributed by atoms with E-state index in [1.165, 1.54) is 25.0 Å². The summed E-state index contributed by atoms with van der Waals surface area (Å²) in [5.41, 5.74) is 11.4. The van der Waals surface area contributed by atoms with Gasteiger partial charge in [0, 0.05) is 34.9 Å². The first-order valence-electron chi connectivity index (χ1n) is 10.8. The summed E-state index contributed by atoms with van der Waals surface area (Å²) in [6, 6.07) is 6.22. The molecule has 0 spiro atoms. The van der Waals surface area contributed by atoms with Crippen molar-refractivity contribution in [2.24, 2.45) is 11.1 Å². The first kappa shape index (κ1) is 20.0. The highest BCUT2D eigenvalue weighted by Crippen LogP contribution is 2.43. The summed E-state index contributed by atoms with van der Waals surface area (Å²) in [7, 11) is 0. The minimum absolute atomic E-state index is 0.0469. The number of primary amides is 1. The van der Waals surface area contributed by atoms with Crippen molar-refractivity contribution in [1.29, 1.82) is 0 Å². The van der Waals surface area contributed by atoms with Gasteiger partial charge in [-0.15, -0.1) is 0 Å². The Kier molecular flexibility index (Phi) is 5.19. The molecule has 5 heteroatoms. The van der Waals surface area contributed by atoms with Crippen molar-refractivity contribution in [2.45, 2.75) is 77.9 Å². The van der Waals surface area contributed by atoms with Crippen LogP contribution in [0, 0.1) is 12.3 Å². The topological polar surface area (TPSA) is 80.3 Å². The molecule has 1 unspecified atom stereocenters. The van der Waals surface area contributed by atoms with Gasteiger partial charge in [0.15, 0.2) is 0 Å². The molecule has 1 amide bonds. The zero-order valence-electron chi connectivity index (χ0n) is 17.8. The summed E-state index contributed by atoms with van der Waals surface area (Å²) in [6.07, 6.45) is 9.35. The van der Waals surface area contributed by atoms with Crippen LogP contribution in [-0.4, -0.2) is 21.6 Å². The number of aliphatic hydroxyl groups excluding tert-OH is 1. The number of fused-ring (bicyclic) bond motifs is 1. The molecule has 4 rings (SSSR count). The van der Waals surface area contributed by atoms with Gasteiger partial charge in [-0.3, -0.25) is 4.79 Å². The van der Waals surface area contributed by atoms with Crippen LogP contribution in [-0.2, 0) is 6.42 Å². The molecule has 1 atom stereocenters. The number of amides is 1. The zero-order chi connectivity index (χ0) is 20.8. The minimum Gasteiger partial charge on any atom is -0.388 e. The van der Waals surface area contributed by atoms with E-state index in [1.54, 1.807) is 0 Å². The maximum atomic E-state index is 12.0. The van der Waals surface area contributed by atoms with Crippen LogP contribution in [0.1, 0.15) is 85.7 Å². The molecule has 0 bridgehead atoms. The average Bonchev–Trinajstić information content (AvgIpc) is 2.97. The third-order valence-corrected chi connectivity index (χ3v) is 6.59. The Labute approximate surface area is 173 Å².